The summed E-state index contributed by atoms with van der Waals surface area (Å²) < 4.78 is 9.66. The minimum Gasteiger partial charge on any atom is -0.481 e. The smallest absolute Gasteiger partial charge is 0.338 e. The molecule has 0 amide bonds. The van der Waals surface area contributed by atoms with Gasteiger partial charge in [0.25, 0.3) is 0 Å². The Labute approximate surface area is 139 Å². The van der Waals surface area contributed by atoms with Crippen LogP contribution in [0.15, 0.2) is 24.3 Å². The molecular formula is C16H20O8. The summed E-state index contributed by atoms with van der Waals surface area (Å²) in [5.41, 5.74) is 0.895. The van der Waals surface area contributed by atoms with E-state index in [1.807, 2.05) is 0 Å². The summed E-state index contributed by atoms with van der Waals surface area (Å²) in [6.45, 7) is 3.40. The molecule has 0 saturated heterocycles. The highest BCUT2D eigenvalue weighted by Gasteiger charge is 2.13. The number of hydrogen-bond acceptors (Lipinski definition) is 6. The third-order valence-electron chi connectivity index (χ3n) is 2.51. The summed E-state index contributed by atoms with van der Waals surface area (Å²) in [4.78, 5) is 41.3. The Morgan fingerprint density at radius 3 is 1.29 bits per heavy atom. The van der Waals surface area contributed by atoms with Crippen molar-refractivity contribution in [2.45, 2.75) is 26.7 Å². The van der Waals surface area contributed by atoms with Crippen LogP contribution in [0.1, 0.15) is 47.4 Å². The van der Waals surface area contributed by atoms with Crippen LogP contribution < -0.4 is 0 Å². The van der Waals surface area contributed by atoms with E-state index in [2.05, 4.69) is 0 Å². The molecule has 0 radical (unpaired) electrons. The van der Waals surface area contributed by atoms with E-state index in [-0.39, 0.29) is 26.1 Å². The number of rotatable bonds is 2. The van der Waals surface area contributed by atoms with Gasteiger partial charge in [-0.1, -0.05) is 13.8 Å². The van der Waals surface area contributed by atoms with Crippen LogP contribution in [0.25, 0.3) is 0 Å². The van der Waals surface area contributed by atoms with Crippen molar-refractivity contribution in [1.29, 1.82) is 0 Å². The topological polar surface area (TPSA) is 127 Å². The van der Waals surface area contributed by atoms with E-state index in [0.717, 1.165) is 0 Å². The molecule has 3 rings (SSSR count). The van der Waals surface area contributed by atoms with Gasteiger partial charge >= 0.3 is 23.9 Å². The van der Waals surface area contributed by atoms with Gasteiger partial charge in [0.05, 0.1) is 11.1 Å². The first-order valence-corrected chi connectivity index (χ1v) is 7.19. The lowest BCUT2D eigenvalue weighted by Gasteiger charge is -2.09. The van der Waals surface area contributed by atoms with Crippen molar-refractivity contribution in [1.82, 2.24) is 0 Å². The molecule has 1 aromatic carbocycles. The zero-order valence-corrected chi connectivity index (χ0v) is 13.5. The van der Waals surface area contributed by atoms with Gasteiger partial charge in [0.1, 0.15) is 13.2 Å². The Morgan fingerprint density at radius 1 is 0.833 bits per heavy atom. The van der Waals surface area contributed by atoms with Crippen LogP contribution in [0.3, 0.4) is 0 Å². The average Bonchev–Trinajstić information content (AvgIpc) is 2.59. The maximum Gasteiger partial charge on any atom is 0.338 e. The molecule has 1 aromatic rings. The van der Waals surface area contributed by atoms with E-state index in [4.69, 9.17) is 19.7 Å². The van der Waals surface area contributed by atoms with E-state index >= 15 is 0 Å². The van der Waals surface area contributed by atoms with Gasteiger partial charge in [-0.25, -0.2) is 9.59 Å². The lowest BCUT2D eigenvalue weighted by atomic mass is 10.1. The van der Waals surface area contributed by atoms with Crippen molar-refractivity contribution in [3.63, 3.8) is 0 Å². The highest BCUT2D eigenvalue weighted by molar-refractivity contribution is 5.93. The molecule has 2 heterocycles. The fraction of sp³-hybridized carbons (Fsp3) is 0.375. The highest BCUT2D eigenvalue weighted by Crippen LogP contribution is 2.09. The number of fused-ring (bicyclic) bond motifs is 7. The number of hydrogen-bond donors (Lipinski definition) is 2. The van der Waals surface area contributed by atoms with Gasteiger partial charge in [-0.05, 0) is 24.3 Å². The van der Waals surface area contributed by atoms with Gasteiger partial charge in [0.15, 0.2) is 0 Å². The molecule has 2 N–H and O–H groups in total. The minimum atomic E-state index is -0.745. The summed E-state index contributed by atoms with van der Waals surface area (Å²) in [5, 5.41) is 15.4. The van der Waals surface area contributed by atoms with Crippen molar-refractivity contribution in [3.05, 3.63) is 35.4 Å². The third kappa shape index (κ3) is 9.19. The van der Waals surface area contributed by atoms with Crippen LogP contribution in [-0.4, -0.2) is 47.3 Å². The van der Waals surface area contributed by atoms with E-state index in [0.29, 0.717) is 11.1 Å². The van der Waals surface area contributed by atoms with E-state index in [1.54, 1.807) is 38.1 Å². The summed E-state index contributed by atoms with van der Waals surface area (Å²) in [7, 11) is 0. The summed E-state index contributed by atoms with van der Waals surface area (Å²) in [6.07, 6.45) is 0.444. The first-order chi connectivity index (χ1) is 11.3. The Hall–Kier alpha value is -2.90. The molecule has 0 fully saturated rings. The van der Waals surface area contributed by atoms with Crippen LogP contribution in [-0.2, 0) is 19.1 Å². The molecule has 0 aliphatic carbocycles. The van der Waals surface area contributed by atoms with Gasteiger partial charge in [-0.15, -0.1) is 0 Å². The van der Waals surface area contributed by atoms with Gasteiger partial charge in [-0.2, -0.15) is 0 Å². The number of aliphatic carboxylic acids is 2. The molecular weight excluding hydrogens is 320 g/mol. The quantitative estimate of drug-likeness (QED) is 0.782. The standard InChI is InChI=1S/C10H8O4.2C3H6O2/c11-9-7-1-2-8(4-3-7)10(12)14-6-5-13-9;2*1-2-3(4)5/h1-4H,5-6H2;2*2H2,1H3,(H,4,5). The Kier molecular flexibility index (Phi) is 10.2. The van der Waals surface area contributed by atoms with Crippen LogP contribution in [0.2, 0.25) is 0 Å². The van der Waals surface area contributed by atoms with Crippen molar-refractivity contribution < 1.29 is 38.9 Å². The molecule has 2 aliphatic rings. The van der Waals surface area contributed by atoms with Crippen molar-refractivity contribution >= 4 is 23.9 Å². The number of carbonyl (C=O) groups excluding carboxylic acids is 2. The molecule has 0 aromatic heterocycles. The third-order valence-corrected chi connectivity index (χ3v) is 2.51. The van der Waals surface area contributed by atoms with Crippen LogP contribution in [0.4, 0.5) is 0 Å². The molecule has 2 aliphatic heterocycles. The molecule has 0 atom stereocenters. The molecule has 8 nitrogen and oxygen atoms in total. The second-order valence-corrected chi connectivity index (χ2v) is 4.34. The zero-order chi connectivity index (χ0) is 18.5. The maximum atomic E-state index is 11.3. The molecule has 0 saturated carbocycles. The van der Waals surface area contributed by atoms with E-state index < -0.39 is 23.9 Å². The second kappa shape index (κ2) is 11.6. The minimum absolute atomic E-state index is 0.100. The normalized spacial score (nSPS) is 12.4. The largest absolute Gasteiger partial charge is 0.481 e. The van der Waals surface area contributed by atoms with Gasteiger partial charge in [0.2, 0.25) is 0 Å². The number of carboxylic acid groups (broad SMARTS) is 2. The molecule has 8 heteroatoms. The second-order valence-electron chi connectivity index (χ2n) is 4.34. The fourth-order valence-electron chi connectivity index (χ4n) is 1.18. The number of benzene rings is 1. The van der Waals surface area contributed by atoms with E-state index in [9.17, 15) is 19.2 Å². The van der Waals surface area contributed by atoms with Crippen molar-refractivity contribution in [2.24, 2.45) is 0 Å². The first-order valence-electron chi connectivity index (χ1n) is 7.19. The Balaban J connectivity index is 0.000000442. The summed E-state index contributed by atoms with van der Waals surface area (Å²) >= 11 is 0. The zero-order valence-electron chi connectivity index (χ0n) is 13.5. The molecule has 24 heavy (non-hydrogen) atoms. The monoisotopic (exact) mass is 340 g/mol. The summed E-state index contributed by atoms with van der Waals surface area (Å²) in [6, 6.07) is 6.18. The highest BCUT2D eigenvalue weighted by atomic mass is 16.6. The predicted octanol–water partition coefficient (Wildman–Crippen LogP) is 1.98. The van der Waals surface area contributed by atoms with E-state index in [1.165, 1.54) is 0 Å². The van der Waals surface area contributed by atoms with Crippen LogP contribution >= 0.6 is 0 Å². The first kappa shape index (κ1) is 21.1. The number of esters is 2. The molecule has 0 spiro atoms. The molecule has 2 bridgehead atoms. The van der Waals surface area contributed by atoms with Gasteiger partial charge < -0.3 is 19.7 Å². The van der Waals surface area contributed by atoms with Crippen LogP contribution in [0.5, 0.6) is 0 Å². The molecule has 132 valence electrons. The van der Waals surface area contributed by atoms with Crippen LogP contribution in [0, 0.1) is 0 Å². The van der Waals surface area contributed by atoms with Crippen molar-refractivity contribution in [3.8, 4) is 0 Å². The number of ether oxygens (including phenoxy) is 2. The number of carbonyl (C=O) groups is 4. The molecule has 0 unspecified atom stereocenters. The van der Waals surface area contributed by atoms with Gasteiger partial charge in [-0.3, -0.25) is 9.59 Å². The summed E-state index contributed by atoms with van der Waals surface area (Å²) in [5.74, 6) is -2.28. The van der Waals surface area contributed by atoms with Crippen molar-refractivity contribution in [2.75, 3.05) is 13.2 Å². The number of carboxylic acids is 2. The SMILES string of the molecule is CCC(=O)O.CCC(=O)O.O=C1OCCOC(=O)c2ccc1cc2. The van der Waals surface area contributed by atoms with Gasteiger partial charge in [0, 0.05) is 12.8 Å². The lowest BCUT2D eigenvalue weighted by Crippen LogP contribution is -2.16. The maximum absolute atomic E-state index is 11.3. The predicted molar refractivity (Wildman–Crippen MR) is 82.9 cm³/mol. The fourth-order valence-corrected chi connectivity index (χ4v) is 1.18. The average molecular weight is 340 g/mol. The Morgan fingerprint density at radius 2 is 1.08 bits per heavy atom. The Bertz CT molecular complexity index is 511. The lowest BCUT2D eigenvalue weighted by molar-refractivity contribution is -0.137.